The Hall–Kier alpha value is -3.14. The molecule has 1 aromatic heterocycles. The first-order valence-electron chi connectivity index (χ1n) is 6.33. The number of rotatable bonds is 5. The number of hydrazone groups is 1. The van der Waals surface area contributed by atoms with E-state index in [-0.39, 0.29) is 18.0 Å². The van der Waals surface area contributed by atoms with Crippen LogP contribution in [0.25, 0.3) is 0 Å². The SMILES string of the molecule is O=C(CNC(=O)Nc1nccs1)N/N=C\c1ccc(O)c(O)c1. The van der Waals surface area contributed by atoms with Gasteiger partial charge in [-0.2, -0.15) is 5.10 Å². The van der Waals surface area contributed by atoms with Crippen molar-refractivity contribution in [2.24, 2.45) is 5.10 Å². The lowest BCUT2D eigenvalue weighted by Crippen LogP contribution is -2.37. The molecule has 0 bridgehead atoms. The maximum absolute atomic E-state index is 11.5. The largest absolute Gasteiger partial charge is 0.504 e. The van der Waals surface area contributed by atoms with E-state index in [9.17, 15) is 14.7 Å². The topological polar surface area (TPSA) is 136 Å². The first-order chi connectivity index (χ1) is 11.0. The third-order valence-electron chi connectivity index (χ3n) is 2.46. The summed E-state index contributed by atoms with van der Waals surface area (Å²) in [7, 11) is 0. The molecule has 120 valence electrons. The van der Waals surface area contributed by atoms with E-state index in [0.717, 1.165) is 0 Å². The van der Waals surface area contributed by atoms with E-state index < -0.39 is 11.9 Å². The third kappa shape index (κ3) is 5.28. The van der Waals surface area contributed by atoms with Gasteiger partial charge in [-0.05, 0) is 23.8 Å². The number of hydrogen-bond donors (Lipinski definition) is 5. The Morgan fingerprint density at radius 1 is 1.30 bits per heavy atom. The molecule has 0 unspecified atom stereocenters. The zero-order valence-corrected chi connectivity index (χ0v) is 12.5. The average Bonchev–Trinajstić information content (AvgIpc) is 3.02. The molecule has 0 atom stereocenters. The van der Waals surface area contributed by atoms with Crippen molar-refractivity contribution >= 4 is 34.6 Å². The summed E-state index contributed by atoms with van der Waals surface area (Å²) in [6, 6.07) is 3.53. The zero-order valence-electron chi connectivity index (χ0n) is 11.7. The molecule has 1 heterocycles. The summed E-state index contributed by atoms with van der Waals surface area (Å²) in [5.41, 5.74) is 2.69. The molecule has 2 rings (SSSR count). The van der Waals surface area contributed by atoms with Crippen LogP contribution in [-0.2, 0) is 4.79 Å². The molecule has 0 aliphatic rings. The van der Waals surface area contributed by atoms with Gasteiger partial charge >= 0.3 is 6.03 Å². The minimum absolute atomic E-state index is 0.248. The van der Waals surface area contributed by atoms with Gasteiger partial charge in [0.05, 0.1) is 6.21 Å². The van der Waals surface area contributed by atoms with E-state index in [1.165, 1.54) is 35.8 Å². The van der Waals surface area contributed by atoms with Crippen LogP contribution < -0.4 is 16.1 Å². The summed E-state index contributed by atoms with van der Waals surface area (Å²) < 4.78 is 0. The third-order valence-corrected chi connectivity index (χ3v) is 3.15. The second-order valence-corrected chi connectivity index (χ2v) is 5.08. The van der Waals surface area contributed by atoms with Crippen molar-refractivity contribution in [2.75, 3.05) is 11.9 Å². The van der Waals surface area contributed by atoms with Crippen molar-refractivity contribution in [1.82, 2.24) is 15.7 Å². The number of carbonyl (C=O) groups is 2. The predicted octanol–water partition coefficient (Wildman–Crippen LogP) is 0.826. The Balaban J connectivity index is 1.73. The second kappa shape index (κ2) is 7.75. The Bertz CT molecular complexity index is 717. The van der Waals surface area contributed by atoms with Crippen LogP contribution in [0.2, 0.25) is 0 Å². The van der Waals surface area contributed by atoms with Crippen LogP contribution in [0.4, 0.5) is 9.93 Å². The Labute approximate surface area is 134 Å². The summed E-state index contributed by atoms with van der Waals surface area (Å²) >= 11 is 1.25. The molecule has 5 N–H and O–H groups in total. The summed E-state index contributed by atoms with van der Waals surface area (Å²) in [4.78, 5) is 26.8. The number of phenols is 2. The van der Waals surface area contributed by atoms with Crippen LogP contribution in [-0.4, -0.2) is 39.9 Å². The molecule has 2 aromatic rings. The number of thiazole rings is 1. The van der Waals surface area contributed by atoms with E-state index in [0.29, 0.717) is 10.7 Å². The lowest BCUT2D eigenvalue weighted by Gasteiger charge is -2.04. The van der Waals surface area contributed by atoms with Gasteiger partial charge in [0.2, 0.25) is 0 Å². The molecule has 0 saturated heterocycles. The normalized spacial score (nSPS) is 10.4. The number of benzene rings is 1. The predicted molar refractivity (Wildman–Crippen MR) is 84.6 cm³/mol. The summed E-state index contributed by atoms with van der Waals surface area (Å²) in [5.74, 6) is -1.07. The molecule has 0 fully saturated rings. The molecule has 23 heavy (non-hydrogen) atoms. The number of nitrogens with zero attached hydrogens (tertiary/aromatic N) is 2. The molecule has 9 nitrogen and oxygen atoms in total. The fraction of sp³-hybridized carbons (Fsp3) is 0.0769. The fourth-order valence-corrected chi connectivity index (χ4v) is 1.95. The molecular weight excluding hydrogens is 322 g/mol. The van der Waals surface area contributed by atoms with Crippen LogP contribution in [0.1, 0.15) is 5.56 Å². The Kier molecular flexibility index (Phi) is 5.47. The summed E-state index contributed by atoms with van der Waals surface area (Å²) in [6.07, 6.45) is 2.83. The van der Waals surface area contributed by atoms with Crippen molar-refractivity contribution in [3.63, 3.8) is 0 Å². The van der Waals surface area contributed by atoms with Crippen LogP contribution in [0.3, 0.4) is 0 Å². The van der Waals surface area contributed by atoms with Gasteiger partial charge in [0.25, 0.3) is 5.91 Å². The number of nitrogens with one attached hydrogen (secondary N) is 3. The number of aromatic hydroxyl groups is 2. The minimum Gasteiger partial charge on any atom is -0.504 e. The van der Waals surface area contributed by atoms with Gasteiger partial charge < -0.3 is 15.5 Å². The number of carbonyl (C=O) groups excluding carboxylic acids is 2. The van der Waals surface area contributed by atoms with Crippen molar-refractivity contribution < 1.29 is 19.8 Å². The number of phenolic OH excluding ortho intramolecular Hbond substituents is 2. The minimum atomic E-state index is -0.553. The fourth-order valence-electron chi connectivity index (χ4n) is 1.43. The van der Waals surface area contributed by atoms with E-state index in [1.807, 2.05) is 0 Å². The number of aromatic nitrogens is 1. The molecular formula is C13H13N5O4S. The van der Waals surface area contributed by atoms with Gasteiger partial charge in [-0.1, -0.05) is 0 Å². The highest BCUT2D eigenvalue weighted by molar-refractivity contribution is 7.13. The highest BCUT2D eigenvalue weighted by Crippen LogP contribution is 2.23. The molecule has 1 aromatic carbocycles. The van der Waals surface area contributed by atoms with Gasteiger partial charge in [0.1, 0.15) is 6.54 Å². The van der Waals surface area contributed by atoms with E-state index in [4.69, 9.17) is 5.11 Å². The maximum atomic E-state index is 11.5. The second-order valence-electron chi connectivity index (χ2n) is 4.19. The lowest BCUT2D eigenvalue weighted by molar-refractivity contribution is -0.120. The van der Waals surface area contributed by atoms with Crippen molar-refractivity contribution in [2.45, 2.75) is 0 Å². The standard InChI is InChI=1S/C13H13N5O4S/c19-9-2-1-8(5-10(9)20)6-16-18-11(21)7-15-12(22)17-13-14-3-4-23-13/h1-6,19-20H,7H2,(H,18,21)(H2,14,15,17,22)/b16-6-. The van der Waals surface area contributed by atoms with Gasteiger partial charge in [0, 0.05) is 11.6 Å². The highest BCUT2D eigenvalue weighted by Gasteiger charge is 2.06. The van der Waals surface area contributed by atoms with Gasteiger partial charge in [-0.3, -0.25) is 10.1 Å². The van der Waals surface area contributed by atoms with Gasteiger partial charge in [-0.15, -0.1) is 11.3 Å². The molecule has 0 spiro atoms. The number of urea groups is 1. The zero-order chi connectivity index (χ0) is 16.7. The van der Waals surface area contributed by atoms with E-state index in [2.05, 4.69) is 26.1 Å². The van der Waals surface area contributed by atoms with E-state index in [1.54, 1.807) is 11.6 Å². The molecule has 3 amide bonds. The number of anilines is 1. The molecule has 0 aliphatic carbocycles. The van der Waals surface area contributed by atoms with Crippen LogP contribution in [0.15, 0.2) is 34.9 Å². The quantitative estimate of drug-likeness (QED) is 0.313. The van der Waals surface area contributed by atoms with Crippen LogP contribution >= 0.6 is 11.3 Å². The smallest absolute Gasteiger partial charge is 0.321 e. The van der Waals surface area contributed by atoms with Crippen molar-refractivity contribution in [1.29, 1.82) is 0 Å². The van der Waals surface area contributed by atoms with Crippen LogP contribution in [0.5, 0.6) is 11.5 Å². The number of amides is 3. The molecule has 0 aliphatic heterocycles. The van der Waals surface area contributed by atoms with Gasteiger partial charge in [0.15, 0.2) is 16.6 Å². The first-order valence-corrected chi connectivity index (χ1v) is 7.21. The van der Waals surface area contributed by atoms with Crippen molar-refractivity contribution in [3.05, 3.63) is 35.3 Å². The molecule has 0 radical (unpaired) electrons. The Morgan fingerprint density at radius 3 is 2.83 bits per heavy atom. The summed E-state index contributed by atoms with van der Waals surface area (Å²) in [5, 5.41) is 29.1. The average molecular weight is 335 g/mol. The molecule has 0 saturated carbocycles. The first kappa shape index (κ1) is 16.2. The Morgan fingerprint density at radius 2 is 2.13 bits per heavy atom. The van der Waals surface area contributed by atoms with E-state index >= 15 is 0 Å². The molecule has 10 heteroatoms. The van der Waals surface area contributed by atoms with Gasteiger partial charge in [-0.25, -0.2) is 15.2 Å². The lowest BCUT2D eigenvalue weighted by atomic mass is 10.2. The highest BCUT2D eigenvalue weighted by atomic mass is 32.1. The monoisotopic (exact) mass is 335 g/mol. The van der Waals surface area contributed by atoms with Crippen LogP contribution in [0, 0.1) is 0 Å². The number of hydrogen-bond acceptors (Lipinski definition) is 7. The maximum Gasteiger partial charge on any atom is 0.321 e. The summed E-state index contributed by atoms with van der Waals surface area (Å²) in [6.45, 7) is -0.268. The van der Waals surface area contributed by atoms with Crippen molar-refractivity contribution in [3.8, 4) is 11.5 Å².